The predicted octanol–water partition coefficient (Wildman–Crippen LogP) is 2.55. The van der Waals surface area contributed by atoms with Crippen molar-refractivity contribution in [1.82, 2.24) is 5.32 Å². The highest BCUT2D eigenvalue weighted by atomic mass is 16.4. The molecule has 0 fully saturated rings. The molecule has 108 valence electrons. The van der Waals surface area contributed by atoms with Gasteiger partial charge in [-0.05, 0) is 62.8 Å². The molecule has 1 aliphatic carbocycles. The summed E-state index contributed by atoms with van der Waals surface area (Å²) < 4.78 is 0. The lowest BCUT2D eigenvalue weighted by atomic mass is 9.90. The van der Waals surface area contributed by atoms with Crippen LogP contribution in [-0.2, 0) is 17.6 Å². The van der Waals surface area contributed by atoms with E-state index in [1.807, 2.05) is 18.2 Å². The van der Waals surface area contributed by atoms with E-state index >= 15 is 0 Å². The fourth-order valence-electron chi connectivity index (χ4n) is 2.68. The van der Waals surface area contributed by atoms with E-state index in [0.717, 1.165) is 12.8 Å². The van der Waals surface area contributed by atoms with E-state index in [9.17, 15) is 9.59 Å². The molecule has 0 unspecified atom stereocenters. The Balaban J connectivity index is 2.11. The minimum Gasteiger partial charge on any atom is -0.481 e. The molecule has 0 spiro atoms. The third kappa shape index (κ3) is 3.59. The fraction of sp³-hybridized carbons (Fsp3) is 0.500. The lowest BCUT2D eigenvalue weighted by molar-refractivity contribution is -0.138. The minimum absolute atomic E-state index is 0.0936. The topological polar surface area (TPSA) is 66.4 Å². The second-order valence-corrected chi connectivity index (χ2v) is 6.10. The van der Waals surface area contributed by atoms with E-state index in [0.29, 0.717) is 5.56 Å². The highest BCUT2D eigenvalue weighted by molar-refractivity contribution is 5.95. The minimum atomic E-state index is -0.916. The van der Waals surface area contributed by atoms with Gasteiger partial charge in [0.15, 0.2) is 0 Å². The van der Waals surface area contributed by atoms with Crippen molar-refractivity contribution in [2.75, 3.05) is 0 Å². The molecule has 0 saturated heterocycles. The molecule has 1 amide bonds. The average Bonchev–Trinajstić information content (AvgIpc) is 2.36. The van der Waals surface area contributed by atoms with Crippen molar-refractivity contribution in [3.63, 3.8) is 0 Å². The molecular formula is C16H21NO3. The van der Waals surface area contributed by atoms with Crippen molar-refractivity contribution in [2.24, 2.45) is 0 Å². The molecule has 0 heterocycles. The third-order valence-corrected chi connectivity index (χ3v) is 3.66. The van der Waals surface area contributed by atoms with Crippen LogP contribution in [0, 0.1) is 0 Å². The molecule has 2 N–H and O–H groups in total. The van der Waals surface area contributed by atoms with Gasteiger partial charge in [0.25, 0.3) is 5.91 Å². The van der Waals surface area contributed by atoms with Gasteiger partial charge in [0, 0.05) is 11.1 Å². The van der Waals surface area contributed by atoms with Gasteiger partial charge >= 0.3 is 5.97 Å². The zero-order chi connectivity index (χ0) is 14.8. The van der Waals surface area contributed by atoms with Crippen molar-refractivity contribution in [3.8, 4) is 0 Å². The van der Waals surface area contributed by atoms with Gasteiger partial charge in [-0.15, -0.1) is 0 Å². The van der Waals surface area contributed by atoms with Gasteiger partial charge in [-0.3, -0.25) is 9.59 Å². The molecule has 4 heteroatoms. The monoisotopic (exact) mass is 275 g/mol. The number of carboxylic acid groups (broad SMARTS) is 1. The van der Waals surface area contributed by atoms with Crippen LogP contribution in [0.15, 0.2) is 18.2 Å². The van der Waals surface area contributed by atoms with Crippen LogP contribution in [0.4, 0.5) is 0 Å². The van der Waals surface area contributed by atoms with Crippen molar-refractivity contribution in [1.29, 1.82) is 0 Å². The van der Waals surface area contributed by atoms with Crippen LogP contribution in [0.25, 0.3) is 0 Å². The summed E-state index contributed by atoms with van der Waals surface area (Å²) in [6.45, 7) is 3.44. The van der Waals surface area contributed by atoms with Crippen LogP contribution in [-0.4, -0.2) is 22.5 Å². The van der Waals surface area contributed by atoms with Gasteiger partial charge in [-0.2, -0.15) is 0 Å². The van der Waals surface area contributed by atoms with Crippen LogP contribution >= 0.6 is 0 Å². The van der Waals surface area contributed by atoms with Crippen LogP contribution in [0.3, 0.4) is 0 Å². The molecule has 4 nitrogen and oxygen atoms in total. The summed E-state index contributed by atoms with van der Waals surface area (Å²) in [6, 6.07) is 5.80. The van der Waals surface area contributed by atoms with E-state index in [1.165, 1.54) is 24.0 Å². The number of aliphatic carboxylic acids is 1. The number of nitrogens with one attached hydrogen (secondary N) is 1. The Morgan fingerprint density at radius 1 is 1.20 bits per heavy atom. The zero-order valence-electron chi connectivity index (χ0n) is 12.0. The van der Waals surface area contributed by atoms with Gasteiger partial charge in [-0.25, -0.2) is 0 Å². The number of fused-ring (bicyclic) bond motifs is 1. The summed E-state index contributed by atoms with van der Waals surface area (Å²) in [7, 11) is 0. The average molecular weight is 275 g/mol. The second-order valence-electron chi connectivity index (χ2n) is 6.10. The highest BCUT2D eigenvalue weighted by Gasteiger charge is 2.24. The normalized spacial score (nSPS) is 14.5. The van der Waals surface area contributed by atoms with E-state index in [1.54, 1.807) is 13.8 Å². The zero-order valence-corrected chi connectivity index (χ0v) is 12.0. The SMILES string of the molecule is CC(C)(CC(=O)O)NC(=O)c1ccc2c(c1)CCCC2. The van der Waals surface area contributed by atoms with Gasteiger partial charge in [0.1, 0.15) is 0 Å². The summed E-state index contributed by atoms with van der Waals surface area (Å²) in [5.74, 6) is -1.12. The number of hydrogen-bond acceptors (Lipinski definition) is 2. The second kappa shape index (κ2) is 5.65. The Hall–Kier alpha value is -1.84. The first-order chi connectivity index (χ1) is 9.37. The van der Waals surface area contributed by atoms with E-state index < -0.39 is 11.5 Å². The van der Waals surface area contributed by atoms with Crippen molar-refractivity contribution in [2.45, 2.75) is 51.5 Å². The first-order valence-corrected chi connectivity index (χ1v) is 7.03. The quantitative estimate of drug-likeness (QED) is 0.887. The van der Waals surface area contributed by atoms with Gasteiger partial charge in [-0.1, -0.05) is 6.07 Å². The van der Waals surface area contributed by atoms with E-state index in [2.05, 4.69) is 5.32 Å². The molecular weight excluding hydrogens is 254 g/mol. The smallest absolute Gasteiger partial charge is 0.305 e. The maximum atomic E-state index is 12.2. The summed E-state index contributed by atoms with van der Waals surface area (Å²) in [4.78, 5) is 23.0. The maximum absolute atomic E-state index is 12.2. The van der Waals surface area contributed by atoms with Crippen LogP contribution < -0.4 is 5.32 Å². The van der Waals surface area contributed by atoms with Crippen molar-refractivity contribution < 1.29 is 14.7 Å². The first-order valence-electron chi connectivity index (χ1n) is 7.03. The molecule has 0 saturated carbocycles. The fourth-order valence-corrected chi connectivity index (χ4v) is 2.68. The molecule has 0 aliphatic heterocycles. The number of rotatable bonds is 4. The van der Waals surface area contributed by atoms with Crippen LogP contribution in [0.1, 0.15) is 54.6 Å². The number of carboxylic acids is 1. The lowest BCUT2D eigenvalue weighted by Crippen LogP contribution is -2.45. The number of amides is 1. The Kier molecular flexibility index (Phi) is 4.12. The summed E-state index contributed by atoms with van der Waals surface area (Å²) in [6.07, 6.45) is 4.40. The molecule has 0 radical (unpaired) electrons. The third-order valence-electron chi connectivity index (χ3n) is 3.66. The number of hydrogen-bond donors (Lipinski definition) is 2. The van der Waals surface area contributed by atoms with Gasteiger partial charge < -0.3 is 10.4 Å². The van der Waals surface area contributed by atoms with Gasteiger partial charge in [0.05, 0.1) is 6.42 Å². The Morgan fingerprint density at radius 3 is 2.50 bits per heavy atom. The lowest BCUT2D eigenvalue weighted by Gasteiger charge is -2.25. The Labute approximate surface area is 119 Å². The molecule has 1 aliphatic rings. The molecule has 0 bridgehead atoms. The molecule has 20 heavy (non-hydrogen) atoms. The Morgan fingerprint density at radius 2 is 1.85 bits per heavy atom. The summed E-state index contributed by atoms with van der Waals surface area (Å²) in [5, 5.41) is 11.6. The maximum Gasteiger partial charge on any atom is 0.305 e. The first kappa shape index (κ1) is 14.6. The molecule has 2 rings (SSSR count). The van der Waals surface area contributed by atoms with Gasteiger partial charge in [0.2, 0.25) is 0 Å². The molecule has 0 aromatic heterocycles. The highest BCUT2D eigenvalue weighted by Crippen LogP contribution is 2.22. The molecule has 1 aromatic carbocycles. The van der Waals surface area contributed by atoms with Crippen molar-refractivity contribution in [3.05, 3.63) is 34.9 Å². The largest absolute Gasteiger partial charge is 0.481 e. The number of carbonyl (C=O) groups excluding carboxylic acids is 1. The predicted molar refractivity (Wildman–Crippen MR) is 76.9 cm³/mol. The number of carbonyl (C=O) groups is 2. The molecule has 1 aromatic rings. The standard InChI is InChI=1S/C16H21NO3/c1-16(2,10-14(18)19)17-15(20)13-8-7-11-5-3-4-6-12(11)9-13/h7-9H,3-6,10H2,1-2H3,(H,17,20)(H,18,19). The Bertz CT molecular complexity index is 535. The molecule has 0 atom stereocenters. The van der Waals surface area contributed by atoms with Crippen LogP contribution in [0.5, 0.6) is 0 Å². The summed E-state index contributed by atoms with van der Waals surface area (Å²) in [5.41, 5.74) is 2.44. The number of benzene rings is 1. The van der Waals surface area contributed by atoms with E-state index in [-0.39, 0.29) is 12.3 Å². The van der Waals surface area contributed by atoms with E-state index in [4.69, 9.17) is 5.11 Å². The van der Waals surface area contributed by atoms with Crippen molar-refractivity contribution >= 4 is 11.9 Å². The summed E-state index contributed by atoms with van der Waals surface area (Å²) >= 11 is 0. The van der Waals surface area contributed by atoms with Crippen LogP contribution in [0.2, 0.25) is 0 Å². The number of aryl methyl sites for hydroxylation is 2.